The van der Waals surface area contributed by atoms with Crippen molar-refractivity contribution < 1.29 is 4.79 Å². The summed E-state index contributed by atoms with van der Waals surface area (Å²) in [5, 5.41) is 3.39. The third-order valence-corrected chi connectivity index (χ3v) is 4.65. The highest BCUT2D eigenvalue weighted by Gasteiger charge is 2.16. The Kier molecular flexibility index (Phi) is 4.21. The van der Waals surface area contributed by atoms with Gasteiger partial charge in [-0.3, -0.25) is 9.78 Å². The molecular formula is C18H17N3OS. The minimum Gasteiger partial charge on any atom is -0.302 e. The van der Waals surface area contributed by atoms with Gasteiger partial charge in [-0.25, -0.2) is 4.98 Å². The molecule has 0 unspecified atom stereocenters. The number of carbonyl (C=O) groups is 1. The highest BCUT2D eigenvalue weighted by Crippen LogP contribution is 2.39. The number of nitrogens with zero attached hydrogens (tertiary/aromatic N) is 2. The lowest BCUT2D eigenvalue weighted by molar-refractivity contribution is -0.114. The zero-order valence-corrected chi connectivity index (χ0v) is 14.1. The molecule has 1 N–H and O–H groups in total. The largest absolute Gasteiger partial charge is 0.302 e. The third kappa shape index (κ3) is 3.29. The second kappa shape index (κ2) is 6.30. The van der Waals surface area contributed by atoms with Crippen molar-refractivity contribution >= 4 is 22.4 Å². The quantitative estimate of drug-likeness (QED) is 0.775. The molecule has 1 aromatic carbocycles. The Balaban J connectivity index is 2.15. The Hall–Kier alpha value is -2.53. The topological polar surface area (TPSA) is 54.9 Å². The fraction of sp³-hybridized carbons (Fsp3) is 0.167. The van der Waals surface area contributed by atoms with Crippen molar-refractivity contribution in [2.24, 2.45) is 0 Å². The molecule has 116 valence electrons. The average Bonchev–Trinajstić information content (AvgIpc) is 2.94. The Bertz CT molecular complexity index is 856. The highest BCUT2D eigenvalue weighted by atomic mass is 32.1. The van der Waals surface area contributed by atoms with Crippen LogP contribution in [-0.2, 0) is 4.79 Å². The Morgan fingerprint density at radius 2 is 1.78 bits per heavy atom. The van der Waals surface area contributed by atoms with Gasteiger partial charge < -0.3 is 5.32 Å². The first-order chi connectivity index (χ1) is 11.0. The van der Waals surface area contributed by atoms with E-state index in [4.69, 9.17) is 0 Å². The smallest absolute Gasteiger partial charge is 0.223 e. The molecule has 0 spiro atoms. The van der Waals surface area contributed by atoms with Crippen molar-refractivity contribution in [3.8, 4) is 21.7 Å². The Labute approximate surface area is 139 Å². The van der Waals surface area contributed by atoms with Gasteiger partial charge in [0.25, 0.3) is 0 Å². The standard InChI is InChI=1S/C18H17N3OS/c1-11-4-5-15(10-12(11)2)16-17(14-6-8-19-9-7-14)23-18(21-16)20-13(3)22/h4-10H,1-3H3,(H,20,21,22). The molecule has 0 radical (unpaired) electrons. The fourth-order valence-corrected chi connectivity index (χ4v) is 3.35. The molecule has 0 aliphatic heterocycles. The van der Waals surface area contributed by atoms with Gasteiger partial charge in [0.15, 0.2) is 5.13 Å². The van der Waals surface area contributed by atoms with E-state index in [9.17, 15) is 4.79 Å². The number of anilines is 1. The molecule has 5 heteroatoms. The lowest BCUT2D eigenvalue weighted by Crippen LogP contribution is -2.04. The molecule has 1 amide bonds. The van der Waals surface area contributed by atoms with Crippen LogP contribution in [0.4, 0.5) is 5.13 Å². The van der Waals surface area contributed by atoms with Crippen molar-refractivity contribution in [1.82, 2.24) is 9.97 Å². The van der Waals surface area contributed by atoms with Crippen LogP contribution in [0, 0.1) is 13.8 Å². The molecule has 0 saturated carbocycles. The number of hydrogen-bond donors (Lipinski definition) is 1. The number of nitrogens with one attached hydrogen (secondary N) is 1. The number of thiazole rings is 1. The first kappa shape index (κ1) is 15.4. The number of hydrogen-bond acceptors (Lipinski definition) is 4. The fourth-order valence-electron chi connectivity index (χ4n) is 2.31. The van der Waals surface area contributed by atoms with Crippen LogP contribution in [0.5, 0.6) is 0 Å². The first-order valence-corrected chi connectivity index (χ1v) is 8.12. The lowest BCUT2D eigenvalue weighted by Gasteiger charge is -2.05. The van der Waals surface area contributed by atoms with E-state index in [-0.39, 0.29) is 5.91 Å². The number of pyridine rings is 1. The summed E-state index contributed by atoms with van der Waals surface area (Å²) in [6, 6.07) is 10.2. The van der Waals surface area contributed by atoms with Gasteiger partial charge in [-0.05, 0) is 48.7 Å². The summed E-state index contributed by atoms with van der Waals surface area (Å²) in [6.45, 7) is 5.67. The van der Waals surface area contributed by atoms with Gasteiger partial charge in [-0.15, -0.1) is 0 Å². The summed E-state index contributed by atoms with van der Waals surface area (Å²) in [5.74, 6) is -0.119. The molecule has 0 fully saturated rings. The summed E-state index contributed by atoms with van der Waals surface area (Å²) in [4.78, 5) is 21.1. The van der Waals surface area contributed by atoms with Gasteiger partial charge in [-0.1, -0.05) is 23.5 Å². The lowest BCUT2D eigenvalue weighted by atomic mass is 10.0. The van der Waals surface area contributed by atoms with E-state index in [1.165, 1.54) is 29.4 Å². The van der Waals surface area contributed by atoms with Crippen molar-refractivity contribution in [3.05, 3.63) is 53.9 Å². The Morgan fingerprint density at radius 1 is 1.04 bits per heavy atom. The SMILES string of the molecule is CC(=O)Nc1nc(-c2ccc(C)c(C)c2)c(-c2ccncc2)s1. The van der Waals surface area contributed by atoms with Gasteiger partial charge in [-0.2, -0.15) is 0 Å². The molecule has 23 heavy (non-hydrogen) atoms. The van der Waals surface area contributed by atoms with Crippen LogP contribution in [0.2, 0.25) is 0 Å². The molecule has 0 aliphatic carbocycles. The molecule has 4 nitrogen and oxygen atoms in total. The van der Waals surface area contributed by atoms with E-state index >= 15 is 0 Å². The van der Waals surface area contributed by atoms with Gasteiger partial charge >= 0.3 is 0 Å². The minimum atomic E-state index is -0.119. The molecule has 0 bridgehead atoms. The Morgan fingerprint density at radius 3 is 2.43 bits per heavy atom. The number of aryl methyl sites for hydroxylation is 2. The monoisotopic (exact) mass is 323 g/mol. The molecule has 3 rings (SSSR count). The molecule has 0 saturated heterocycles. The van der Waals surface area contributed by atoms with Crippen LogP contribution >= 0.6 is 11.3 Å². The number of rotatable bonds is 3. The van der Waals surface area contributed by atoms with E-state index < -0.39 is 0 Å². The predicted molar refractivity (Wildman–Crippen MR) is 94.6 cm³/mol. The third-order valence-electron chi connectivity index (χ3n) is 3.63. The van der Waals surface area contributed by atoms with E-state index in [1.54, 1.807) is 12.4 Å². The average molecular weight is 323 g/mol. The maximum absolute atomic E-state index is 11.4. The molecular weight excluding hydrogens is 306 g/mol. The van der Waals surface area contributed by atoms with Crippen molar-refractivity contribution in [2.75, 3.05) is 5.32 Å². The van der Waals surface area contributed by atoms with E-state index in [1.807, 2.05) is 12.1 Å². The van der Waals surface area contributed by atoms with Gasteiger partial charge in [0, 0.05) is 24.9 Å². The first-order valence-electron chi connectivity index (χ1n) is 7.31. The minimum absolute atomic E-state index is 0.119. The predicted octanol–water partition coefficient (Wildman–Crippen LogP) is 4.45. The van der Waals surface area contributed by atoms with Crippen LogP contribution < -0.4 is 5.32 Å². The maximum atomic E-state index is 11.4. The highest BCUT2D eigenvalue weighted by molar-refractivity contribution is 7.19. The molecule has 0 aliphatic rings. The molecule has 2 aromatic heterocycles. The van der Waals surface area contributed by atoms with Crippen molar-refractivity contribution in [1.29, 1.82) is 0 Å². The maximum Gasteiger partial charge on any atom is 0.223 e. The van der Waals surface area contributed by atoms with Crippen LogP contribution in [0.15, 0.2) is 42.7 Å². The van der Waals surface area contributed by atoms with E-state index in [0.717, 1.165) is 21.7 Å². The van der Waals surface area contributed by atoms with Crippen LogP contribution in [0.3, 0.4) is 0 Å². The number of carbonyl (C=O) groups excluding carboxylic acids is 1. The van der Waals surface area contributed by atoms with Gasteiger partial charge in [0.1, 0.15) is 0 Å². The summed E-state index contributed by atoms with van der Waals surface area (Å²) in [5.41, 5.74) is 5.44. The second-order valence-electron chi connectivity index (χ2n) is 5.41. The normalized spacial score (nSPS) is 10.6. The number of amides is 1. The van der Waals surface area contributed by atoms with Gasteiger partial charge in [0.05, 0.1) is 10.6 Å². The van der Waals surface area contributed by atoms with Crippen LogP contribution in [0.1, 0.15) is 18.1 Å². The number of aromatic nitrogens is 2. The zero-order valence-electron chi connectivity index (χ0n) is 13.3. The summed E-state index contributed by atoms with van der Waals surface area (Å²) >= 11 is 1.47. The van der Waals surface area contributed by atoms with Crippen molar-refractivity contribution in [3.63, 3.8) is 0 Å². The van der Waals surface area contributed by atoms with E-state index in [0.29, 0.717) is 5.13 Å². The van der Waals surface area contributed by atoms with Crippen LogP contribution in [0.25, 0.3) is 21.7 Å². The molecule has 3 aromatic rings. The molecule has 0 atom stereocenters. The summed E-state index contributed by atoms with van der Waals surface area (Å²) in [7, 11) is 0. The summed E-state index contributed by atoms with van der Waals surface area (Å²) < 4.78 is 0. The second-order valence-corrected chi connectivity index (χ2v) is 6.41. The van der Waals surface area contributed by atoms with Crippen molar-refractivity contribution in [2.45, 2.75) is 20.8 Å². The van der Waals surface area contributed by atoms with Gasteiger partial charge in [0.2, 0.25) is 5.91 Å². The summed E-state index contributed by atoms with van der Waals surface area (Å²) in [6.07, 6.45) is 3.52. The molecule has 2 heterocycles. The zero-order chi connectivity index (χ0) is 16.4. The van der Waals surface area contributed by atoms with Crippen LogP contribution in [-0.4, -0.2) is 15.9 Å². The number of benzene rings is 1. The van der Waals surface area contributed by atoms with E-state index in [2.05, 4.69) is 47.3 Å².